The van der Waals surface area contributed by atoms with Gasteiger partial charge in [-0.2, -0.15) is 0 Å². The fourth-order valence-corrected chi connectivity index (χ4v) is 1.48. The van der Waals surface area contributed by atoms with Crippen molar-refractivity contribution >= 4 is 0 Å². The summed E-state index contributed by atoms with van der Waals surface area (Å²) in [6.45, 7) is 8.81. The molecule has 0 unspecified atom stereocenters. The molecular weight excluding hydrogens is 198 g/mol. The molecule has 0 aliphatic carbocycles. The lowest BCUT2D eigenvalue weighted by Crippen LogP contribution is -2.11. The maximum atomic E-state index is 5.66. The molecule has 0 atom stereocenters. The van der Waals surface area contributed by atoms with Crippen LogP contribution in [0.4, 0.5) is 0 Å². The van der Waals surface area contributed by atoms with Gasteiger partial charge in [-0.1, -0.05) is 36.8 Å². The molecule has 2 nitrogen and oxygen atoms in total. The number of likely N-dealkylation sites (N-methyl/N-ethyl adjacent to an activating group) is 1. The number of rotatable bonds is 6. The Kier molecular flexibility index (Phi) is 5.65. The van der Waals surface area contributed by atoms with E-state index < -0.39 is 0 Å². The van der Waals surface area contributed by atoms with Crippen LogP contribution in [-0.2, 0) is 0 Å². The van der Waals surface area contributed by atoms with Crippen LogP contribution in [0.15, 0.2) is 30.4 Å². The van der Waals surface area contributed by atoms with Gasteiger partial charge in [0.2, 0.25) is 0 Å². The van der Waals surface area contributed by atoms with Crippen LogP contribution >= 0.6 is 0 Å². The Morgan fingerprint density at radius 2 is 2.06 bits per heavy atom. The molecule has 1 aromatic carbocycles. The lowest BCUT2D eigenvalue weighted by Gasteiger charge is -2.07. The fraction of sp³-hybridized carbons (Fsp3) is 0.429. The van der Waals surface area contributed by atoms with Gasteiger partial charge in [0.15, 0.2) is 0 Å². The van der Waals surface area contributed by atoms with Crippen molar-refractivity contribution in [2.24, 2.45) is 0 Å². The van der Waals surface area contributed by atoms with Crippen molar-refractivity contribution < 1.29 is 4.74 Å². The second-order valence-corrected chi connectivity index (χ2v) is 3.86. The second kappa shape index (κ2) is 7.07. The van der Waals surface area contributed by atoms with Crippen molar-refractivity contribution in [3.63, 3.8) is 0 Å². The Bertz CT molecular complexity index is 345. The Labute approximate surface area is 98.3 Å². The number of hydrogen-bond donors (Lipinski definition) is 1. The van der Waals surface area contributed by atoms with Gasteiger partial charge in [0.1, 0.15) is 12.4 Å². The van der Waals surface area contributed by atoms with E-state index in [0.29, 0.717) is 6.61 Å². The van der Waals surface area contributed by atoms with Gasteiger partial charge in [-0.25, -0.2) is 0 Å². The van der Waals surface area contributed by atoms with E-state index in [1.54, 1.807) is 0 Å². The molecule has 0 saturated heterocycles. The number of hydrogen-bond acceptors (Lipinski definition) is 2. The molecule has 0 spiro atoms. The highest BCUT2D eigenvalue weighted by atomic mass is 16.5. The molecular formula is C14H21NO. The maximum Gasteiger partial charge on any atom is 0.122 e. The highest BCUT2D eigenvalue weighted by Gasteiger charge is 1.97. The first kappa shape index (κ1) is 12.8. The second-order valence-electron chi connectivity index (χ2n) is 3.86. The van der Waals surface area contributed by atoms with Crippen LogP contribution in [0.3, 0.4) is 0 Å². The van der Waals surface area contributed by atoms with E-state index in [9.17, 15) is 0 Å². The summed E-state index contributed by atoms with van der Waals surface area (Å²) in [5.41, 5.74) is 2.47. The monoisotopic (exact) mass is 219 g/mol. The summed E-state index contributed by atoms with van der Waals surface area (Å²) < 4.78 is 5.66. The highest BCUT2D eigenvalue weighted by Crippen LogP contribution is 2.18. The van der Waals surface area contributed by atoms with E-state index in [1.807, 2.05) is 12.1 Å². The first-order valence-corrected chi connectivity index (χ1v) is 5.79. The van der Waals surface area contributed by atoms with Gasteiger partial charge in [-0.3, -0.25) is 0 Å². The SMILES string of the molecule is CCNC/C=C/COc1ccc(C)cc1C. The van der Waals surface area contributed by atoms with Crippen LogP contribution in [0.1, 0.15) is 18.1 Å². The van der Waals surface area contributed by atoms with Crippen molar-refractivity contribution in [2.45, 2.75) is 20.8 Å². The van der Waals surface area contributed by atoms with E-state index in [-0.39, 0.29) is 0 Å². The molecule has 1 N–H and O–H groups in total. The minimum Gasteiger partial charge on any atom is -0.489 e. The van der Waals surface area contributed by atoms with Crippen molar-refractivity contribution in [2.75, 3.05) is 19.7 Å². The summed E-state index contributed by atoms with van der Waals surface area (Å²) in [5, 5.41) is 3.22. The Morgan fingerprint density at radius 1 is 1.25 bits per heavy atom. The van der Waals surface area contributed by atoms with Gasteiger partial charge in [0.25, 0.3) is 0 Å². The largest absolute Gasteiger partial charge is 0.489 e. The van der Waals surface area contributed by atoms with E-state index in [2.05, 4.69) is 44.3 Å². The minimum atomic E-state index is 0.634. The van der Waals surface area contributed by atoms with Gasteiger partial charge in [0, 0.05) is 6.54 Å². The Hall–Kier alpha value is -1.28. The molecule has 1 rings (SSSR count). The highest BCUT2D eigenvalue weighted by molar-refractivity contribution is 5.35. The molecule has 0 aliphatic rings. The van der Waals surface area contributed by atoms with E-state index in [0.717, 1.165) is 18.8 Å². The average Bonchev–Trinajstić information content (AvgIpc) is 2.26. The number of benzene rings is 1. The maximum absolute atomic E-state index is 5.66. The van der Waals surface area contributed by atoms with Crippen LogP contribution in [-0.4, -0.2) is 19.7 Å². The molecule has 0 aliphatic heterocycles. The van der Waals surface area contributed by atoms with Gasteiger partial charge in [-0.15, -0.1) is 0 Å². The van der Waals surface area contributed by atoms with Gasteiger partial charge >= 0.3 is 0 Å². The molecule has 0 bridgehead atoms. The van der Waals surface area contributed by atoms with Crippen molar-refractivity contribution in [3.8, 4) is 5.75 Å². The van der Waals surface area contributed by atoms with Gasteiger partial charge < -0.3 is 10.1 Å². The molecule has 0 fully saturated rings. The first-order valence-electron chi connectivity index (χ1n) is 5.79. The minimum absolute atomic E-state index is 0.634. The molecule has 0 saturated carbocycles. The third kappa shape index (κ3) is 4.49. The third-order valence-electron chi connectivity index (χ3n) is 2.34. The van der Waals surface area contributed by atoms with Gasteiger partial charge in [-0.05, 0) is 32.0 Å². The normalized spacial score (nSPS) is 10.9. The third-order valence-corrected chi connectivity index (χ3v) is 2.34. The number of aryl methyl sites for hydroxylation is 2. The van der Waals surface area contributed by atoms with Gasteiger partial charge in [0.05, 0.1) is 0 Å². The first-order chi connectivity index (χ1) is 7.74. The van der Waals surface area contributed by atoms with E-state index in [4.69, 9.17) is 4.74 Å². The number of nitrogens with one attached hydrogen (secondary N) is 1. The zero-order valence-electron chi connectivity index (χ0n) is 10.4. The summed E-state index contributed by atoms with van der Waals surface area (Å²) in [5.74, 6) is 0.971. The molecule has 0 radical (unpaired) electrons. The molecule has 1 aromatic rings. The van der Waals surface area contributed by atoms with E-state index >= 15 is 0 Å². The van der Waals surface area contributed by atoms with Crippen LogP contribution < -0.4 is 10.1 Å². The molecule has 0 aromatic heterocycles. The summed E-state index contributed by atoms with van der Waals surface area (Å²) in [6.07, 6.45) is 4.13. The smallest absolute Gasteiger partial charge is 0.122 e. The van der Waals surface area contributed by atoms with Crippen molar-refractivity contribution in [1.29, 1.82) is 0 Å². The van der Waals surface area contributed by atoms with Crippen LogP contribution in [0.2, 0.25) is 0 Å². The lowest BCUT2D eigenvalue weighted by molar-refractivity contribution is 0.360. The fourth-order valence-electron chi connectivity index (χ4n) is 1.48. The summed E-state index contributed by atoms with van der Waals surface area (Å²) in [7, 11) is 0. The summed E-state index contributed by atoms with van der Waals surface area (Å²) in [6, 6.07) is 6.24. The van der Waals surface area contributed by atoms with E-state index in [1.165, 1.54) is 11.1 Å². The topological polar surface area (TPSA) is 21.3 Å². The summed E-state index contributed by atoms with van der Waals surface area (Å²) >= 11 is 0. The Morgan fingerprint density at radius 3 is 2.75 bits per heavy atom. The van der Waals surface area contributed by atoms with Crippen molar-refractivity contribution in [3.05, 3.63) is 41.5 Å². The predicted octanol–water partition coefficient (Wildman–Crippen LogP) is 2.85. The van der Waals surface area contributed by atoms with Crippen molar-refractivity contribution in [1.82, 2.24) is 5.32 Å². The number of ether oxygens (including phenoxy) is 1. The van der Waals surface area contributed by atoms with Crippen LogP contribution in [0.5, 0.6) is 5.75 Å². The zero-order valence-corrected chi connectivity index (χ0v) is 10.4. The van der Waals surface area contributed by atoms with Crippen LogP contribution in [0, 0.1) is 13.8 Å². The standard InChI is InChI=1S/C14H21NO/c1-4-15-9-5-6-10-16-14-8-7-12(2)11-13(14)3/h5-8,11,15H,4,9-10H2,1-3H3/b6-5+. The molecule has 2 heteroatoms. The predicted molar refractivity (Wildman–Crippen MR) is 69.1 cm³/mol. The van der Waals surface area contributed by atoms with Crippen LogP contribution in [0.25, 0.3) is 0 Å². The zero-order chi connectivity index (χ0) is 11.8. The quantitative estimate of drug-likeness (QED) is 0.587. The molecule has 0 amide bonds. The molecule has 0 heterocycles. The lowest BCUT2D eigenvalue weighted by atomic mass is 10.1. The summed E-state index contributed by atoms with van der Waals surface area (Å²) in [4.78, 5) is 0. The Balaban J connectivity index is 2.34. The molecule has 16 heavy (non-hydrogen) atoms. The molecule has 88 valence electrons. The average molecular weight is 219 g/mol.